The van der Waals surface area contributed by atoms with Crippen LogP contribution in [-0.4, -0.2) is 34.1 Å². The first-order valence-electron chi connectivity index (χ1n) is 10.0. The van der Waals surface area contributed by atoms with Gasteiger partial charge >= 0.3 is 0 Å². The number of rotatable bonds is 7. The Labute approximate surface area is 185 Å². The van der Waals surface area contributed by atoms with Crippen LogP contribution in [0.1, 0.15) is 17.2 Å². The molecule has 0 radical (unpaired) electrons. The summed E-state index contributed by atoms with van der Waals surface area (Å²) in [5, 5.41) is 19.0. The van der Waals surface area contributed by atoms with E-state index in [0.717, 1.165) is 17.0 Å². The zero-order valence-electron chi connectivity index (χ0n) is 17.4. The summed E-state index contributed by atoms with van der Waals surface area (Å²) in [6.07, 6.45) is 2.04. The summed E-state index contributed by atoms with van der Waals surface area (Å²) in [7, 11) is 1.61. The minimum Gasteiger partial charge on any atom is -0.497 e. The van der Waals surface area contributed by atoms with Gasteiger partial charge in [0.25, 0.3) is 5.91 Å². The van der Waals surface area contributed by atoms with E-state index in [1.54, 1.807) is 36.1 Å². The van der Waals surface area contributed by atoms with E-state index in [4.69, 9.17) is 9.84 Å². The molecule has 7 heteroatoms. The maximum absolute atomic E-state index is 12.3. The molecular formula is C25H22N4O3. The summed E-state index contributed by atoms with van der Waals surface area (Å²) >= 11 is 0. The van der Waals surface area contributed by atoms with Crippen molar-refractivity contribution in [3.63, 3.8) is 0 Å². The average molecular weight is 426 g/mol. The molecule has 1 heterocycles. The van der Waals surface area contributed by atoms with Crippen molar-refractivity contribution < 1.29 is 14.6 Å². The molecule has 0 aliphatic heterocycles. The Balaban J connectivity index is 1.60. The highest BCUT2D eigenvalue weighted by atomic mass is 16.5. The minimum atomic E-state index is -1.30. The fourth-order valence-corrected chi connectivity index (χ4v) is 3.18. The normalized spacial score (nSPS) is 11.9. The second kappa shape index (κ2) is 9.72. The van der Waals surface area contributed by atoms with E-state index in [0.29, 0.717) is 16.8 Å². The zero-order valence-corrected chi connectivity index (χ0v) is 17.4. The summed E-state index contributed by atoms with van der Waals surface area (Å²) in [6.45, 7) is 0. The average Bonchev–Trinajstić information content (AvgIpc) is 3.29. The Hall–Kier alpha value is -4.23. The van der Waals surface area contributed by atoms with Crippen molar-refractivity contribution >= 4 is 12.1 Å². The van der Waals surface area contributed by atoms with Gasteiger partial charge in [0.1, 0.15) is 11.4 Å². The number of aromatic nitrogens is 2. The summed E-state index contributed by atoms with van der Waals surface area (Å²) < 4.78 is 6.99. The highest BCUT2D eigenvalue weighted by molar-refractivity contribution is 5.90. The fourth-order valence-electron chi connectivity index (χ4n) is 3.18. The van der Waals surface area contributed by atoms with Gasteiger partial charge in [0, 0.05) is 17.3 Å². The third-order valence-corrected chi connectivity index (χ3v) is 4.87. The van der Waals surface area contributed by atoms with Crippen LogP contribution in [0.5, 0.6) is 5.75 Å². The van der Waals surface area contributed by atoms with Gasteiger partial charge in [-0.25, -0.2) is 10.1 Å². The highest BCUT2D eigenvalue weighted by Gasteiger charge is 2.16. The highest BCUT2D eigenvalue weighted by Crippen LogP contribution is 2.25. The molecule has 4 rings (SSSR count). The monoisotopic (exact) mass is 426 g/mol. The van der Waals surface area contributed by atoms with Crippen LogP contribution in [0.3, 0.4) is 0 Å². The number of methoxy groups -OCH3 is 1. The third kappa shape index (κ3) is 4.74. The molecule has 160 valence electrons. The molecule has 0 fully saturated rings. The van der Waals surface area contributed by atoms with Crippen LogP contribution in [0.15, 0.2) is 96.2 Å². The number of amides is 1. The van der Waals surface area contributed by atoms with E-state index >= 15 is 0 Å². The van der Waals surface area contributed by atoms with Gasteiger partial charge in [-0.15, -0.1) is 0 Å². The van der Waals surface area contributed by atoms with Crippen molar-refractivity contribution in [2.24, 2.45) is 5.10 Å². The van der Waals surface area contributed by atoms with Gasteiger partial charge in [-0.1, -0.05) is 48.5 Å². The van der Waals surface area contributed by atoms with Crippen LogP contribution < -0.4 is 10.2 Å². The van der Waals surface area contributed by atoms with Gasteiger partial charge in [-0.05, 0) is 42.0 Å². The lowest BCUT2D eigenvalue weighted by Crippen LogP contribution is -2.25. The second-order valence-electron chi connectivity index (χ2n) is 6.99. The van der Waals surface area contributed by atoms with Crippen LogP contribution in [0.2, 0.25) is 0 Å². The maximum atomic E-state index is 12.3. The number of benzene rings is 3. The van der Waals surface area contributed by atoms with Crippen LogP contribution in [-0.2, 0) is 4.79 Å². The first-order chi connectivity index (χ1) is 15.7. The van der Waals surface area contributed by atoms with Crippen molar-refractivity contribution in [1.29, 1.82) is 0 Å². The van der Waals surface area contributed by atoms with Gasteiger partial charge in [-0.2, -0.15) is 10.2 Å². The van der Waals surface area contributed by atoms with E-state index in [-0.39, 0.29) is 0 Å². The van der Waals surface area contributed by atoms with E-state index in [2.05, 4.69) is 10.5 Å². The standard InChI is InChI=1S/C25H22N4O3/c1-32-22-14-12-18(13-15-22)23-20(17-29(28-23)21-10-6-3-7-11-21)16-26-27-25(31)24(30)19-8-4-2-5-9-19/h2-17,24,30H,1H3,(H,27,31)/b26-16-/t24-/m0/s1. The van der Waals surface area contributed by atoms with Crippen molar-refractivity contribution in [2.45, 2.75) is 6.10 Å². The van der Waals surface area contributed by atoms with Crippen LogP contribution in [0, 0.1) is 0 Å². The zero-order chi connectivity index (χ0) is 22.3. The van der Waals surface area contributed by atoms with E-state index in [1.807, 2.05) is 66.9 Å². The molecule has 1 atom stereocenters. The van der Waals surface area contributed by atoms with Gasteiger partial charge in [0.15, 0.2) is 6.10 Å². The molecule has 0 unspecified atom stereocenters. The van der Waals surface area contributed by atoms with E-state index in [1.165, 1.54) is 6.21 Å². The number of aliphatic hydroxyl groups excluding tert-OH is 1. The van der Waals surface area contributed by atoms with Gasteiger partial charge in [0.2, 0.25) is 0 Å². The number of hydrazone groups is 1. The third-order valence-electron chi connectivity index (χ3n) is 4.87. The fraction of sp³-hybridized carbons (Fsp3) is 0.0800. The van der Waals surface area contributed by atoms with Crippen molar-refractivity contribution in [1.82, 2.24) is 15.2 Å². The first kappa shape index (κ1) is 21.0. The quantitative estimate of drug-likeness (QED) is 0.348. The molecular weight excluding hydrogens is 404 g/mol. The Kier molecular flexibility index (Phi) is 6.38. The molecule has 7 nitrogen and oxygen atoms in total. The lowest BCUT2D eigenvalue weighted by Gasteiger charge is -2.08. The molecule has 1 amide bonds. The van der Waals surface area contributed by atoms with Gasteiger partial charge in [0.05, 0.1) is 19.0 Å². The van der Waals surface area contributed by atoms with Gasteiger partial charge in [-0.3, -0.25) is 4.79 Å². The number of hydrogen-bond donors (Lipinski definition) is 2. The minimum absolute atomic E-state index is 0.496. The van der Waals surface area contributed by atoms with E-state index in [9.17, 15) is 9.90 Å². The SMILES string of the molecule is COc1ccc(-c2nn(-c3ccccc3)cc2/C=N\NC(=O)[C@@H](O)c2ccccc2)cc1. The predicted molar refractivity (Wildman–Crippen MR) is 123 cm³/mol. The number of para-hydroxylation sites is 1. The molecule has 2 N–H and O–H groups in total. The summed E-state index contributed by atoms with van der Waals surface area (Å²) in [5.41, 5.74) is 6.06. The van der Waals surface area contributed by atoms with Crippen LogP contribution in [0.25, 0.3) is 16.9 Å². The number of nitrogens with zero attached hydrogens (tertiary/aromatic N) is 3. The molecule has 0 saturated heterocycles. The largest absolute Gasteiger partial charge is 0.497 e. The summed E-state index contributed by atoms with van der Waals surface area (Å²) in [4.78, 5) is 12.3. The summed E-state index contributed by atoms with van der Waals surface area (Å²) in [5.74, 6) is 0.127. The molecule has 0 saturated carbocycles. The number of aliphatic hydroxyl groups is 1. The maximum Gasteiger partial charge on any atom is 0.273 e. The predicted octanol–water partition coefficient (Wildman–Crippen LogP) is 3.73. The first-order valence-corrected chi connectivity index (χ1v) is 10.0. The number of carbonyl (C=O) groups is 1. The molecule has 3 aromatic carbocycles. The van der Waals surface area contributed by atoms with Crippen LogP contribution in [0.4, 0.5) is 0 Å². The van der Waals surface area contributed by atoms with Crippen LogP contribution >= 0.6 is 0 Å². The Morgan fingerprint density at radius 2 is 1.69 bits per heavy atom. The Morgan fingerprint density at radius 1 is 1.03 bits per heavy atom. The molecule has 4 aromatic rings. The molecule has 1 aromatic heterocycles. The lowest BCUT2D eigenvalue weighted by atomic mass is 10.1. The number of carbonyl (C=O) groups excluding carboxylic acids is 1. The van der Waals surface area contributed by atoms with Crippen molar-refractivity contribution in [3.8, 4) is 22.7 Å². The molecule has 0 aliphatic carbocycles. The molecule has 0 aliphatic rings. The topological polar surface area (TPSA) is 88.7 Å². The molecule has 0 bridgehead atoms. The lowest BCUT2D eigenvalue weighted by molar-refractivity contribution is -0.129. The number of hydrogen-bond acceptors (Lipinski definition) is 5. The smallest absolute Gasteiger partial charge is 0.273 e. The van der Waals surface area contributed by atoms with E-state index < -0.39 is 12.0 Å². The Bertz CT molecular complexity index is 1200. The van der Waals surface area contributed by atoms with Crippen molar-refractivity contribution in [3.05, 3.63) is 102 Å². The molecule has 32 heavy (non-hydrogen) atoms. The Morgan fingerprint density at radius 3 is 2.34 bits per heavy atom. The molecule has 0 spiro atoms. The van der Waals surface area contributed by atoms with Gasteiger partial charge < -0.3 is 9.84 Å². The second-order valence-corrected chi connectivity index (χ2v) is 6.99. The summed E-state index contributed by atoms with van der Waals surface area (Å²) in [6, 6.07) is 25.9. The number of nitrogens with one attached hydrogen (secondary N) is 1. The number of ether oxygens (including phenoxy) is 1. The van der Waals surface area contributed by atoms with Crippen molar-refractivity contribution in [2.75, 3.05) is 7.11 Å².